The summed E-state index contributed by atoms with van der Waals surface area (Å²) in [5.41, 5.74) is 3.07. The van der Waals surface area contributed by atoms with Gasteiger partial charge in [0.2, 0.25) is 0 Å². The van der Waals surface area contributed by atoms with E-state index in [1.807, 2.05) is 31.2 Å². The molecule has 2 N–H and O–H groups in total. The fourth-order valence-corrected chi connectivity index (χ4v) is 2.79. The van der Waals surface area contributed by atoms with Crippen molar-refractivity contribution in [3.8, 4) is 0 Å². The van der Waals surface area contributed by atoms with Crippen LogP contribution < -0.4 is 10.6 Å². The Morgan fingerprint density at radius 1 is 1.08 bits per heavy atom. The van der Waals surface area contributed by atoms with Gasteiger partial charge in [-0.05, 0) is 30.7 Å². The fraction of sp³-hybridized carbons (Fsp3) is 0.105. The van der Waals surface area contributed by atoms with Crippen LogP contribution in [-0.4, -0.2) is 15.9 Å². The highest BCUT2D eigenvalue weighted by Gasteiger charge is 2.09. The highest BCUT2D eigenvalue weighted by molar-refractivity contribution is 6.36. The second kappa shape index (κ2) is 8.17. The molecule has 3 rings (SSSR count). The molecule has 1 amide bonds. The van der Waals surface area contributed by atoms with Gasteiger partial charge < -0.3 is 10.6 Å². The number of amides is 1. The first-order valence-corrected chi connectivity index (χ1v) is 8.65. The van der Waals surface area contributed by atoms with Crippen LogP contribution in [0, 0.1) is 6.92 Å². The first-order chi connectivity index (χ1) is 12.5. The standard InChI is InChI=1S/C19H16Cl2N4O/c1-12-3-2-4-13(7-12)9-24-19(26)17-10-23-18(11-22-17)25-16-6-5-14(20)8-15(16)21/h2-8,10-11H,9H2,1H3,(H,23,25)(H,24,26). The molecule has 1 heterocycles. The van der Waals surface area contributed by atoms with Crippen molar-refractivity contribution in [1.29, 1.82) is 0 Å². The lowest BCUT2D eigenvalue weighted by Gasteiger charge is -2.09. The predicted molar refractivity (Wildman–Crippen MR) is 104 cm³/mol. The normalized spacial score (nSPS) is 10.4. The zero-order valence-electron chi connectivity index (χ0n) is 14.0. The van der Waals surface area contributed by atoms with Crippen molar-refractivity contribution in [3.05, 3.63) is 81.7 Å². The number of carbonyl (C=O) groups is 1. The van der Waals surface area contributed by atoms with E-state index in [0.717, 1.165) is 11.1 Å². The second-order valence-corrected chi connectivity index (χ2v) is 6.55. The van der Waals surface area contributed by atoms with E-state index in [1.165, 1.54) is 12.4 Å². The van der Waals surface area contributed by atoms with Crippen molar-refractivity contribution in [2.24, 2.45) is 0 Å². The third-order valence-corrected chi connectivity index (χ3v) is 4.16. The molecule has 0 fully saturated rings. The van der Waals surface area contributed by atoms with Crippen LogP contribution in [0.3, 0.4) is 0 Å². The van der Waals surface area contributed by atoms with Crippen LogP contribution in [0.2, 0.25) is 10.0 Å². The number of aromatic nitrogens is 2. The van der Waals surface area contributed by atoms with Crippen LogP contribution >= 0.6 is 23.2 Å². The lowest BCUT2D eigenvalue weighted by Crippen LogP contribution is -2.24. The number of nitrogens with one attached hydrogen (secondary N) is 2. The highest BCUT2D eigenvalue weighted by atomic mass is 35.5. The molecule has 0 saturated heterocycles. The Bertz CT molecular complexity index is 929. The van der Waals surface area contributed by atoms with E-state index >= 15 is 0 Å². The quantitative estimate of drug-likeness (QED) is 0.662. The van der Waals surface area contributed by atoms with Crippen molar-refractivity contribution in [2.75, 3.05) is 5.32 Å². The maximum Gasteiger partial charge on any atom is 0.271 e. The monoisotopic (exact) mass is 386 g/mol. The number of carbonyl (C=O) groups excluding carboxylic acids is 1. The number of nitrogens with zero attached hydrogens (tertiary/aromatic N) is 2. The topological polar surface area (TPSA) is 66.9 Å². The van der Waals surface area contributed by atoms with Gasteiger partial charge in [0.05, 0.1) is 23.1 Å². The van der Waals surface area contributed by atoms with E-state index in [1.54, 1.807) is 18.2 Å². The molecule has 0 saturated carbocycles. The van der Waals surface area contributed by atoms with Gasteiger partial charge in [0.25, 0.3) is 5.91 Å². The molecule has 1 aromatic heterocycles. The van der Waals surface area contributed by atoms with E-state index in [2.05, 4.69) is 20.6 Å². The van der Waals surface area contributed by atoms with Gasteiger partial charge in [-0.1, -0.05) is 53.0 Å². The lowest BCUT2D eigenvalue weighted by atomic mass is 10.1. The average Bonchev–Trinajstić information content (AvgIpc) is 2.63. The summed E-state index contributed by atoms with van der Waals surface area (Å²) in [6.45, 7) is 2.44. The Kier molecular flexibility index (Phi) is 5.71. The van der Waals surface area contributed by atoms with Gasteiger partial charge in [-0.2, -0.15) is 0 Å². The molecule has 0 bridgehead atoms. The zero-order chi connectivity index (χ0) is 18.5. The summed E-state index contributed by atoms with van der Waals surface area (Å²) in [4.78, 5) is 20.5. The van der Waals surface area contributed by atoms with Crippen molar-refractivity contribution in [2.45, 2.75) is 13.5 Å². The number of hydrogen-bond donors (Lipinski definition) is 2. The Labute approximate surface area is 161 Å². The number of rotatable bonds is 5. The van der Waals surface area contributed by atoms with E-state index in [-0.39, 0.29) is 11.6 Å². The smallest absolute Gasteiger partial charge is 0.271 e. The summed E-state index contributed by atoms with van der Waals surface area (Å²) in [6.07, 6.45) is 2.89. The highest BCUT2D eigenvalue weighted by Crippen LogP contribution is 2.27. The molecule has 0 aliphatic heterocycles. The number of benzene rings is 2. The van der Waals surface area contributed by atoms with Crippen LogP contribution in [0.1, 0.15) is 21.6 Å². The first kappa shape index (κ1) is 18.2. The summed E-state index contributed by atoms with van der Waals surface area (Å²) in [6, 6.07) is 13.0. The molecular weight excluding hydrogens is 371 g/mol. The molecule has 3 aromatic rings. The number of hydrogen-bond acceptors (Lipinski definition) is 4. The molecule has 132 valence electrons. The van der Waals surface area contributed by atoms with Crippen molar-refractivity contribution in [3.63, 3.8) is 0 Å². The number of anilines is 2. The van der Waals surface area contributed by atoms with Crippen molar-refractivity contribution < 1.29 is 4.79 Å². The van der Waals surface area contributed by atoms with E-state index in [9.17, 15) is 4.79 Å². The van der Waals surface area contributed by atoms with E-state index < -0.39 is 0 Å². The SMILES string of the molecule is Cc1cccc(CNC(=O)c2cnc(Nc3ccc(Cl)cc3Cl)cn2)c1. The minimum Gasteiger partial charge on any atom is -0.347 e. The molecule has 0 aliphatic rings. The summed E-state index contributed by atoms with van der Waals surface area (Å²) in [5.74, 6) is 0.194. The van der Waals surface area contributed by atoms with Gasteiger partial charge in [0, 0.05) is 11.6 Å². The molecule has 0 radical (unpaired) electrons. The van der Waals surface area contributed by atoms with Crippen molar-refractivity contribution in [1.82, 2.24) is 15.3 Å². The molecule has 0 atom stereocenters. The van der Waals surface area contributed by atoms with Gasteiger partial charge in [-0.15, -0.1) is 0 Å². The van der Waals surface area contributed by atoms with Crippen LogP contribution in [-0.2, 0) is 6.54 Å². The van der Waals surface area contributed by atoms with Gasteiger partial charge in [-0.25, -0.2) is 9.97 Å². The van der Waals surface area contributed by atoms with Gasteiger partial charge in [-0.3, -0.25) is 4.79 Å². The maximum absolute atomic E-state index is 12.2. The second-order valence-electron chi connectivity index (χ2n) is 5.71. The molecule has 26 heavy (non-hydrogen) atoms. The number of aryl methyl sites for hydroxylation is 1. The molecule has 0 aliphatic carbocycles. The third-order valence-electron chi connectivity index (χ3n) is 3.61. The molecule has 0 spiro atoms. The summed E-state index contributed by atoms with van der Waals surface area (Å²) < 4.78 is 0. The summed E-state index contributed by atoms with van der Waals surface area (Å²) in [5, 5.41) is 6.88. The van der Waals surface area contributed by atoms with E-state index in [0.29, 0.717) is 28.1 Å². The largest absolute Gasteiger partial charge is 0.347 e. The van der Waals surface area contributed by atoms with Crippen molar-refractivity contribution >= 4 is 40.6 Å². The summed E-state index contributed by atoms with van der Waals surface area (Å²) in [7, 11) is 0. The molecule has 0 unspecified atom stereocenters. The Hall–Kier alpha value is -2.63. The zero-order valence-corrected chi connectivity index (χ0v) is 15.5. The summed E-state index contributed by atoms with van der Waals surface area (Å²) >= 11 is 12.0. The van der Waals surface area contributed by atoms with Gasteiger partial charge >= 0.3 is 0 Å². The van der Waals surface area contributed by atoms with Crippen LogP contribution in [0.25, 0.3) is 0 Å². The number of halogens is 2. The van der Waals surface area contributed by atoms with Crippen LogP contribution in [0.4, 0.5) is 11.5 Å². The average molecular weight is 387 g/mol. The van der Waals surface area contributed by atoms with Gasteiger partial charge in [0.1, 0.15) is 11.5 Å². The molecule has 7 heteroatoms. The molecule has 5 nitrogen and oxygen atoms in total. The van der Waals surface area contributed by atoms with Gasteiger partial charge in [0.15, 0.2) is 0 Å². The molecule has 2 aromatic carbocycles. The van der Waals surface area contributed by atoms with Crippen LogP contribution in [0.5, 0.6) is 0 Å². The minimum absolute atomic E-state index is 0.241. The maximum atomic E-state index is 12.2. The Morgan fingerprint density at radius 2 is 1.92 bits per heavy atom. The van der Waals surface area contributed by atoms with Crippen LogP contribution in [0.15, 0.2) is 54.9 Å². The van der Waals surface area contributed by atoms with E-state index in [4.69, 9.17) is 23.2 Å². The Balaban J connectivity index is 1.62. The fourth-order valence-electron chi connectivity index (χ4n) is 2.33. The third kappa shape index (κ3) is 4.71. The first-order valence-electron chi connectivity index (χ1n) is 7.89. The Morgan fingerprint density at radius 3 is 2.62 bits per heavy atom. The lowest BCUT2D eigenvalue weighted by molar-refractivity contribution is 0.0945. The minimum atomic E-state index is -0.282. The molecular formula is C19H16Cl2N4O. The predicted octanol–water partition coefficient (Wildman–Crippen LogP) is 4.77.